The van der Waals surface area contributed by atoms with E-state index < -0.39 is 0 Å². The monoisotopic (exact) mass is 402 g/mol. The molecule has 1 fully saturated rings. The molecule has 0 amide bonds. The Morgan fingerprint density at radius 3 is 2.60 bits per heavy atom. The summed E-state index contributed by atoms with van der Waals surface area (Å²) in [6, 6.07) is 15.3. The van der Waals surface area contributed by atoms with Crippen molar-refractivity contribution in [3.63, 3.8) is 0 Å². The highest BCUT2D eigenvalue weighted by Crippen LogP contribution is 2.18. The molecule has 30 heavy (non-hydrogen) atoms. The Labute approximate surface area is 173 Å². The SMILES string of the molecule is Cc1ccc(-c2noc(CN3CCN(c4cc(=O)n5ccccc5n4)CC3)n2)cc1. The summed E-state index contributed by atoms with van der Waals surface area (Å²) >= 11 is 0. The average molecular weight is 402 g/mol. The summed E-state index contributed by atoms with van der Waals surface area (Å²) in [5, 5.41) is 4.11. The fourth-order valence-corrected chi connectivity index (χ4v) is 3.67. The molecule has 0 bridgehead atoms. The highest BCUT2D eigenvalue weighted by atomic mass is 16.5. The van der Waals surface area contributed by atoms with Crippen LogP contribution in [-0.4, -0.2) is 50.6 Å². The summed E-state index contributed by atoms with van der Waals surface area (Å²) in [7, 11) is 0. The van der Waals surface area contributed by atoms with Crippen LogP contribution >= 0.6 is 0 Å². The predicted octanol–water partition coefficient (Wildman–Crippen LogP) is 2.38. The number of anilines is 1. The van der Waals surface area contributed by atoms with Crippen molar-refractivity contribution in [3.05, 3.63) is 76.5 Å². The molecule has 1 aliphatic rings. The third-order valence-corrected chi connectivity index (χ3v) is 5.39. The molecule has 152 valence electrons. The highest BCUT2D eigenvalue weighted by Gasteiger charge is 2.21. The van der Waals surface area contributed by atoms with Crippen LogP contribution in [0.2, 0.25) is 0 Å². The van der Waals surface area contributed by atoms with Gasteiger partial charge >= 0.3 is 0 Å². The number of piperazine rings is 1. The van der Waals surface area contributed by atoms with Gasteiger partial charge in [-0.15, -0.1) is 0 Å². The molecule has 1 aliphatic heterocycles. The topological polar surface area (TPSA) is 79.8 Å². The first kappa shape index (κ1) is 18.5. The molecule has 0 spiro atoms. The van der Waals surface area contributed by atoms with Crippen molar-refractivity contribution in [2.45, 2.75) is 13.5 Å². The van der Waals surface area contributed by atoms with Gasteiger partial charge in [0.2, 0.25) is 11.7 Å². The van der Waals surface area contributed by atoms with Crippen LogP contribution < -0.4 is 10.5 Å². The lowest BCUT2D eigenvalue weighted by atomic mass is 10.1. The second kappa shape index (κ2) is 7.72. The third kappa shape index (κ3) is 3.69. The second-order valence-electron chi connectivity index (χ2n) is 7.52. The molecule has 0 N–H and O–H groups in total. The number of aromatic nitrogens is 4. The van der Waals surface area contributed by atoms with Gasteiger partial charge in [-0.3, -0.25) is 14.1 Å². The Balaban J connectivity index is 1.24. The Hall–Kier alpha value is -3.52. The van der Waals surface area contributed by atoms with Crippen LogP contribution in [0.25, 0.3) is 17.0 Å². The quantitative estimate of drug-likeness (QED) is 0.518. The van der Waals surface area contributed by atoms with E-state index in [1.54, 1.807) is 16.7 Å². The van der Waals surface area contributed by atoms with Gasteiger partial charge in [-0.2, -0.15) is 4.98 Å². The zero-order valence-corrected chi connectivity index (χ0v) is 16.7. The van der Waals surface area contributed by atoms with Gasteiger partial charge in [0.25, 0.3) is 5.56 Å². The van der Waals surface area contributed by atoms with Gasteiger partial charge in [0.1, 0.15) is 11.5 Å². The number of hydrogen-bond donors (Lipinski definition) is 0. The van der Waals surface area contributed by atoms with Gasteiger partial charge in [0.05, 0.1) is 6.54 Å². The average Bonchev–Trinajstić information content (AvgIpc) is 3.23. The number of pyridine rings is 1. The van der Waals surface area contributed by atoms with E-state index in [0.29, 0.717) is 23.9 Å². The zero-order valence-electron chi connectivity index (χ0n) is 16.7. The Bertz CT molecular complexity index is 1220. The van der Waals surface area contributed by atoms with Gasteiger partial charge in [0.15, 0.2) is 0 Å². The summed E-state index contributed by atoms with van der Waals surface area (Å²) in [5.74, 6) is 1.95. The van der Waals surface area contributed by atoms with E-state index in [4.69, 9.17) is 4.52 Å². The van der Waals surface area contributed by atoms with Crippen LogP contribution in [0.5, 0.6) is 0 Å². The lowest BCUT2D eigenvalue weighted by molar-refractivity contribution is 0.215. The minimum Gasteiger partial charge on any atom is -0.354 e. The van der Waals surface area contributed by atoms with E-state index >= 15 is 0 Å². The van der Waals surface area contributed by atoms with Gasteiger partial charge in [0, 0.05) is 44.0 Å². The normalized spacial score (nSPS) is 15.0. The van der Waals surface area contributed by atoms with Gasteiger partial charge in [-0.1, -0.05) is 41.1 Å². The van der Waals surface area contributed by atoms with Crippen LogP contribution in [0.4, 0.5) is 5.82 Å². The van der Waals surface area contributed by atoms with Crippen LogP contribution in [0.15, 0.2) is 64.0 Å². The Morgan fingerprint density at radius 2 is 1.80 bits per heavy atom. The maximum Gasteiger partial charge on any atom is 0.259 e. The molecular weight excluding hydrogens is 380 g/mol. The van der Waals surface area contributed by atoms with Crippen LogP contribution in [0.1, 0.15) is 11.5 Å². The molecule has 8 heteroatoms. The van der Waals surface area contributed by atoms with Crippen molar-refractivity contribution >= 4 is 11.5 Å². The number of fused-ring (bicyclic) bond motifs is 1. The minimum absolute atomic E-state index is 0.0625. The molecule has 0 atom stereocenters. The molecule has 0 radical (unpaired) electrons. The lowest BCUT2D eigenvalue weighted by Crippen LogP contribution is -2.46. The van der Waals surface area contributed by atoms with Crippen LogP contribution in [0, 0.1) is 6.92 Å². The third-order valence-electron chi connectivity index (χ3n) is 5.39. The number of nitrogens with zero attached hydrogens (tertiary/aromatic N) is 6. The highest BCUT2D eigenvalue weighted by molar-refractivity contribution is 5.54. The summed E-state index contributed by atoms with van der Waals surface area (Å²) in [5.41, 5.74) is 2.75. The van der Waals surface area contributed by atoms with Gasteiger partial charge in [-0.25, -0.2) is 4.98 Å². The zero-order chi connectivity index (χ0) is 20.5. The summed E-state index contributed by atoms with van der Waals surface area (Å²) in [4.78, 5) is 25.9. The van der Waals surface area contributed by atoms with E-state index in [2.05, 4.69) is 31.8 Å². The second-order valence-corrected chi connectivity index (χ2v) is 7.52. The smallest absolute Gasteiger partial charge is 0.259 e. The lowest BCUT2D eigenvalue weighted by Gasteiger charge is -2.34. The molecular formula is C22H22N6O2. The first-order valence-electron chi connectivity index (χ1n) is 10.0. The molecule has 5 rings (SSSR count). The first-order valence-corrected chi connectivity index (χ1v) is 10.0. The molecule has 1 aromatic carbocycles. The first-order chi connectivity index (χ1) is 14.7. The fraction of sp³-hybridized carbons (Fsp3) is 0.273. The molecule has 0 saturated carbocycles. The number of aryl methyl sites for hydroxylation is 1. The van der Waals surface area contributed by atoms with Crippen molar-refractivity contribution in [1.29, 1.82) is 0 Å². The predicted molar refractivity (Wildman–Crippen MR) is 113 cm³/mol. The van der Waals surface area contributed by atoms with Crippen molar-refractivity contribution in [1.82, 2.24) is 24.4 Å². The number of hydrogen-bond acceptors (Lipinski definition) is 7. The molecule has 4 heterocycles. The molecule has 1 saturated heterocycles. The van der Waals surface area contributed by atoms with Crippen molar-refractivity contribution in [2.24, 2.45) is 0 Å². The summed E-state index contributed by atoms with van der Waals surface area (Å²) in [6.07, 6.45) is 1.74. The van der Waals surface area contributed by atoms with E-state index in [1.807, 2.05) is 42.5 Å². The minimum atomic E-state index is -0.0625. The maximum absolute atomic E-state index is 12.3. The molecule has 0 unspecified atom stereocenters. The molecule has 8 nitrogen and oxygen atoms in total. The summed E-state index contributed by atoms with van der Waals surface area (Å²) in [6.45, 7) is 5.90. The molecule has 0 aliphatic carbocycles. The van der Waals surface area contributed by atoms with Gasteiger partial charge in [-0.05, 0) is 19.1 Å². The van der Waals surface area contributed by atoms with E-state index in [9.17, 15) is 4.79 Å². The van der Waals surface area contributed by atoms with Crippen molar-refractivity contribution in [2.75, 3.05) is 31.1 Å². The standard InChI is InChI=1S/C22H22N6O2/c1-16-5-7-17(8-6-16)22-24-20(30-25-22)15-26-10-12-27(13-11-26)19-14-21(29)28-9-3-2-4-18(28)23-19/h2-9,14H,10-13,15H2,1H3. The van der Waals surface area contributed by atoms with Crippen molar-refractivity contribution in [3.8, 4) is 11.4 Å². The van der Waals surface area contributed by atoms with E-state index in [-0.39, 0.29) is 5.56 Å². The summed E-state index contributed by atoms with van der Waals surface area (Å²) < 4.78 is 7.01. The van der Waals surface area contributed by atoms with E-state index in [0.717, 1.165) is 37.6 Å². The fourth-order valence-electron chi connectivity index (χ4n) is 3.67. The number of rotatable bonds is 4. The maximum atomic E-state index is 12.3. The van der Waals surface area contributed by atoms with Gasteiger partial charge < -0.3 is 9.42 Å². The van der Waals surface area contributed by atoms with E-state index in [1.165, 1.54) is 5.56 Å². The van der Waals surface area contributed by atoms with Crippen molar-refractivity contribution < 1.29 is 4.52 Å². The Morgan fingerprint density at radius 1 is 1.00 bits per heavy atom. The molecule has 4 aromatic rings. The van der Waals surface area contributed by atoms with Crippen LogP contribution in [0.3, 0.4) is 0 Å². The van der Waals surface area contributed by atoms with Crippen LogP contribution in [-0.2, 0) is 6.54 Å². The largest absolute Gasteiger partial charge is 0.354 e. The molecule has 3 aromatic heterocycles. The Kier molecular flexibility index (Phi) is 4.76. The number of benzene rings is 1.